The summed E-state index contributed by atoms with van der Waals surface area (Å²) >= 11 is 12.2. The summed E-state index contributed by atoms with van der Waals surface area (Å²) in [6, 6.07) is 15.4. The molecule has 1 amide bonds. The number of carbonyl (C=O) groups excluding carboxylic acids is 1. The lowest BCUT2D eigenvalue weighted by molar-refractivity contribution is -0.127. The second-order valence-electron chi connectivity index (χ2n) is 8.07. The summed E-state index contributed by atoms with van der Waals surface area (Å²) in [6.07, 6.45) is 2.48. The van der Waals surface area contributed by atoms with Crippen LogP contribution in [0.15, 0.2) is 53.1 Å². The number of halogens is 2. The number of nitrogens with one attached hydrogen (secondary N) is 1. The van der Waals surface area contributed by atoms with Crippen molar-refractivity contribution in [2.45, 2.75) is 38.8 Å². The van der Waals surface area contributed by atoms with E-state index < -0.39 is 0 Å². The maximum absolute atomic E-state index is 12.8. The van der Waals surface area contributed by atoms with Crippen LogP contribution in [0.4, 0.5) is 0 Å². The van der Waals surface area contributed by atoms with Crippen molar-refractivity contribution in [3.8, 4) is 11.4 Å². The van der Waals surface area contributed by atoms with Crippen molar-refractivity contribution < 1.29 is 9.32 Å². The van der Waals surface area contributed by atoms with E-state index in [1.807, 2.05) is 18.2 Å². The molecule has 1 saturated heterocycles. The van der Waals surface area contributed by atoms with Crippen LogP contribution >= 0.6 is 23.2 Å². The van der Waals surface area contributed by atoms with Gasteiger partial charge in [-0.1, -0.05) is 65.6 Å². The van der Waals surface area contributed by atoms with Crippen LogP contribution in [0.5, 0.6) is 0 Å². The number of likely N-dealkylation sites (tertiary alicyclic amines) is 1. The fraction of sp³-hybridized carbons (Fsp3) is 0.375. The molecule has 1 fully saturated rings. The smallest absolute Gasteiger partial charge is 0.241 e. The summed E-state index contributed by atoms with van der Waals surface area (Å²) in [7, 11) is 0. The summed E-state index contributed by atoms with van der Waals surface area (Å²) in [5.41, 5.74) is 1.83. The van der Waals surface area contributed by atoms with Crippen LogP contribution < -0.4 is 5.32 Å². The fourth-order valence-electron chi connectivity index (χ4n) is 4.04. The van der Waals surface area contributed by atoms with Gasteiger partial charge >= 0.3 is 0 Å². The molecule has 0 radical (unpaired) electrons. The van der Waals surface area contributed by atoms with Gasteiger partial charge in [-0.2, -0.15) is 4.98 Å². The average Bonchev–Trinajstić information content (AvgIpc) is 3.26. The number of benzene rings is 2. The standard InChI is InChI=1S/C24H26Cl2N4O2/c1-2-21(16-6-4-3-5-7-16)27-24(31)17-10-12-30(13-11-17)15-22-28-23(29-32-22)19-9-8-18(25)14-20(19)26/h3-9,14,17,21H,2,10-13,15H2,1H3,(H,27,31). The molecule has 1 aromatic heterocycles. The van der Waals surface area contributed by atoms with Crippen LogP contribution in [0.1, 0.15) is 43.7 Å². The van der Waals surface area contributed by atoms with Gasteiger partial charge in [0, 0.05) is 16.5 Å². The van der Waals surface area contributed by atoms with Gasteiger partial charge < -0.3 is 9.84 Å². The maximum Gasteiger partial charge on any atom is 0.241 e. The number of hydrogen-bond acceptors (Lipinski definition) is 5. The third-order valence-corrected chi connectivity index (χ3v) is 6.43. The molecule has 0 saturated carbocycles. The summed E-state index contributed by atoms with van der Waals surface area (Å²) < 4.78 is 5.42. The molecule has 2 heterocycles. The number of nitrogens with zero attached hydrogens (tertiary/aromatic N) is 3. The van der Waals surface area contributed by atoms with Gasteiger partial charge in [-0.05, 0) is 56.1 Å². The van der Waals surface area contributed by atoms with Gasteiger partial charge in [0.05, 0.1) is 17.6 Å². The number of rotatable bonds is 7. The molecule has 1 unspecified atom stereocenters. The number of amides is 1. The first-order valence-electron chi connectivity index (χ1n) is 10.9. The molecule has 8 heteroatoms. The second kappa shape index (κ2) is 10.5. The van der Waals surface area contributed by atoms with Crippen molar-refractivity contribution in [2.75, 3.05) is 13.1 Å². The summed E-state index contributed by atoms with van der Waals surface area (Å²) in [5, 5.41) is 8.32. The Morgan fingerprint density at radius 3 is 2.62 bits per heavy atom. The fourth-order valence-corrected chi connectivity index (χ4v) is 4.53. The van der Waals surface area contributed by atoms with Crippen LogP contribution in [-0.2, 0) is 11.3 Å². The van der Waals surface area contributed by atoms with Gasteiger partial charge in [0.25, 0.3) is 0 Å². The minimum Gasteiger partial charge on any atom is -0.349 e. The number of carbonyl (C=O) groups is 1. The van der Waals surface area contributed by atoms with Gasteiger partial charge in [0.2, 0.25) is 17.6 Å². The molecule has 0 aliphatic carbocycles. The predicted octanol–water partition coefficient (Wildman–Crippen LogP) is 5.52. The summed E-state index contributed by atoms with van der Waals surface area (Å²) in [4.78, 5) is 19.5. The number of piperidine rings is 1. The van der Waals surface area contributed by atoms with Crippen molar-refractivity contribution in [3.05, 3.63) is 70.0 Å². The summed E-state index contributed by atoms with van der Waals surface area (Å²) in [6.45, 7) is 4.25. The largest absolute Gasteiger partial charge is 0.349 e. The highest BCUT2D eigenvalue weighted by molar-refractivity contribution is 6.36. The molecule has 0 bridgehead atoms. The molecule has 1 aliphatic rings. The van der Waals surface area contributed by atoms with E-state index >= 15 is 0 Å². The zero-order chi connectivity index (χ0) is 22.5. The van der Waals surface area contributed by atoms with E-state index in [4.69, 9.17) is 27.7 Å². The minimum absolute atomic E-state index is 0.0233. The molecule has 6 nitrogen and oxygen atoms in total. The highest BCUT2D eigenvalue weighted by atomic mass is 35.5. The molecule has 1 atom stereocenters. The Bertz CT molecular complexity index is 1050. The van der Waals surface area contributed by atoms with E-state index in [1.54, 1.807) is 18.2 Å². The lowest BCUT2D eigenvalue weighted by Crippen LogP contribution is -2.41. The Hall–Kier alpha value is -2.41. The van der Waals surface area contributed by atoms with E-state index in [2.05, 4.69) is 39.4 Å². The van der Waals surface area contributed by atoms with Crippen molar-refractivity contribution in [2.24, 2.45) is 5.92 Å². The Morgan fingerprint density at radius 2 is 1.94 bits per heavy atom. The first kappa shape index (κ1) is 22.8. The van der Waals surface area contributed by atoms with Crippen molar-refractivity contribution in [1.82, 2.24) is 20.4 Å². The Labute approximate surface area is 197 Å². The average molecular weight is 473 g/mol. The summed E-state index contributed by atoms with van der Waals surface area (Å²) in [5.74, 6) is 1.14. The Kier molecular flexibility index (Phi) is 7.45. The van der Waals surface area contributed by atoms with Gasteiger partial charge in [-0.3, -0.25) is 9.69 Å². The van der Waals surface area contributed by atoms with Crippen LogP contribution in [-0.4, -0.2) is 34.0 Å². The third-order valence-electron chi connectivity index (χ3n) is 5.88. The molecule has 1 N–H and O–H groups in total. The molecule has 3 aromatic rings. The molecule has 4 rings (SSSR count). The lowest BCUT2D eigenvalue weighted by atomic mass is 9.94. The Balaban J connectivity index is 1.29. The van der Waals surface area contributed by atoms with Gasteiger partial charge in [-0.25, -0.2) is 0 Å². The zero-order valence-electron chi connectivity index (χ0n) is 17.9. The molecule has 0 spiro atoms. The highest BCUT2D eigenvalue weighted by Gasteiger charge is 2.27. The topological polar surface area (TPSA) is 71.3 Å². The van der Waals surface area contributed by atoms with Crippen molar-refractivity contribution in [3.63, 3.8) is 0 Å². The second-order valence-corrected chi connectivity index (χ2v) is 8.91. The molecular weight excluding hydrogens is 447 g/mol. The quantitative estimate of drug-likeness (QED) is 0.489. The van der Waals surface area contributed by atoms with Gasteiger partial charge in [0.1, 0.15) is 0 Å². The lowest BCUT2D eigenvalue weighted by Gasteiger charge is -2.31. The Morgan fingerprint density at radius 1 is 1.19 bits per heavy atom. The predicted molar refractivity (Wildman–Crippen MR) is 125 cm³/mol. The van der Waals surface area contributed by atoms with Crippen LogP contribution in [0.3, 0.4) is 0 Å². The monoisotopic (exact) mass is 472 g/mol. The SMILES string of the molecule is CCC(NC(=O)C1CCN(Cc2nc(-c3ccc(Cl)cc3Cl)no2)CC1)c1ccccc1. The van der Waals surface area contributed by atoms with E-state index in [0.717, 1.165) is 37.9 Å². The van der Waals surface area contributed by atoms with Gasteiger partial charge in [0.15, 0.2) is 0 Å². The normalized spacial score (nSPS) is 16.1. The molecular formula is C24H26Cl2N4O2. The molecule has 32 heavy (non-hydrogen) atoms. The van der Waals surface area contributed by atoms with Crippen molar-refractivity contribution in [1.29, 1.82) is 0 Å². The number of aromatic nitrogens is 2. The highest BCUT2D eigenvalue weighted by Crippen LogP contribution is 2.29. The molecule has 1 aliphatic heterocycles. The third kappa shape index (κ3) is 5.49. The zero-order valence-corrected chi connectivity index (χ0v) is 19.4. The minimum atomic E-state index is 0.0233. The number of hydrogen-bond donors (Lipinski definition) is 1. The van der Waals surface area contributed by atoms with Crippen LogP contribution in [0.2, 0.25) is 10.0 Å². The van der Waals surface area contributed by atoms with Crippen LogP contribution in [0, 0.1) is 5.92 Å². The first-order valence-corrected chi connectivity index (χ1v) is 11.6. The van der Waals surface area contributed by atoms with E-state index in [9.17, 15) is 4.79 Å². The first-order chi connectivity index (χ1) is 15.5. The molecule has 2 aromatic carbocycles. The maximum atomic E-state index is 12.8. The van der Waals surface area contributed by atoms with E-state index in [0.29, 0.717) is 33.9 Å². The molecule has 168 valence electrons. The van der Waals surface area contributed by atoms with Crippen LogP contribution in [0.25, 0.3) is 11.4 Å². The van der Waals surface area contributed by atoms with Crippen molar-refractivity contribution >= 4 is 29.1 Å². The van der Waals surface area contributed by atoms with E-state index in [-0.39, 0.29) is 17.9 Å². The van der Waals surface area contributed by atoms with E-state index in [1.165, 1.54) is 0 Å². The van der Waals surface area contributed by atoms with Gasteiger partial charge in [-0.15, -0.1) is 0 Å².